The molecular formula is C14H14F3NO2. The summed E-state index contributed by atoms with van der Waals surface area (Å²) in [6, 6.07) is 6.04. The summed E-state index contributed by atoms with van der Waals surface area (Å²) in [6.45, 7) is -0.0219. The molecule has 2 aliphatic heterocycles. The van der Waals surface area contributed by atoms with Crippen LogP contribution >= 0.6 is 0 Å². The molecule has 0 radical (unpaired) electrons. The summed E-state index contributed by atoms with van der Waals surface area (Å²) < 4.78 is 44.5. The molecule has 2 aliphatic rings. The summed E-state index contributed by atoms with van der Waals surface area (Å²) in [5, 5.41) is 0. The molecule has 0 aliphatic carbocycles. The van der Waals surface area contributed by atoms with Gasteiger partial charge in [0, 0.05) is 0 Å². The number of fused-ring (bicyclic) bond motifs is 1. The lowest BCUT2D eigenvalue weighted by molar-refractivity contribution is -0.200. The lowest BCUT2D eigenvalue weighted by Crippen LogP contribution is -2.53. The van der Waals surface area contributed by atoms with Crippen molar-refractivity contribution in [2.75, 3.05) is 6.61 Å². The second kappa shape index (κ2) is 4.77. The van der Waals surface area contributed by atoms with Crippen molar-refractivity contribution in [1.82, 2.24) is 4.90 Å². The Balaban J connectivity index is 1.96. The van der Waals surface area contributed by atoms with Crippen LogP contribution in [-0.4, -0.2) is 35.7 Å². The summed E-state index contributed by atoms with van der Waals surface area (Å²) in [6.07, 6.45) is -4.17. The van der Waals surface area contributed by atoms with Crippen LogP contribution in [-0.2, 0) is 9.53 Å². The molecule has 2 fully saturated rings. The van der Waals surface area contributed by atoms with Gasteiger partial charge in [-0.1, -0.05) is 30.3 Å². The van der Waals surface area contributed by atoms with Crippen LogP contribution in [0.2, 0.25) is 0 Å². The average molecular weight is 285 g/mol. The third-order valence-corrected chi connectivity index (χ3v) is 4.01. The summed E-state index contributed by atoms with van der Waals surface area (Å²) in [4.78, 5) is 13.0. The lowest BCUT2D eigenvalue weighted by Gasteiger charge is -2.40. The quantitative estimate of drug-likeness (QED) is 0.743. The summed E-state index contributed by atoms with van der Waals surface area (Å²) in [5.74, 6) is -0.538. The molecule has 2 saturated heterocycles. The maximum absolute atomic E-state index is 13.2. The number of nitrogens with zero attached hydrogens (tertiary/aromatic N) is 1. The van der Waals surface area contributed by atoms with Gasteiger partial charge >= 0.3 is 12.1 Å². The Morgan fingerprint density at radius 2 is 1.80 bits per heavy atom. The summed E-state index contributed by atoms with van der Waals surface area (Å²) >= 11 is 0. The van der Waals surface area contributed by atoms with Crippen molar-refractivity contribution in [3.8, 4) is 0 Å². The van der Waals surface area contributed by atoms with Crippen molar-refractivity contribution >= 4 is 5.97 Å². The van der Waals surface area contributed by atoms with E-state index in [-0.39, 0.29) is 19.4 Å². The van der Waals surface area contributed by atoms with Crippen LogP contribution in [0.15, 0.2) is 30.3 Å². The van der Waals surface area contributed by atoms with Gasteiger partial charge in [0.05, 0.1) is 6.04 Å². The second-order valence-electron chi connectivity index (χ2n) is 5.15. The Hall–Kier alpha value is -1.56. The summed E-state index contributed by atoms with van der Waals surface area (Å²) in [5.41, 5.74) is 0.751. The number of rotatable bonds is 1. The Kier molecular flexibility index (Phi) is 3.20. The largest absolute Gasteiger partial charge is 0.462 e. The third-order valence-electron chi connectivity index (χ3n) is 4.01. The number of cyclic esters (lactones) is 1. The fourth-order valence-electron chi connectivity index (χ4n) is 3.12. The first-order valence-electron chi connectivity index (χ1n) is 6.54. The number of hydrogen-bond donors (Lipinski definition) is 0. The molecular weight excluding hydrogens is 271 g/mol. The highest BCUT2D eigenvalue weighted by molar-refractivity contribution is 5.77. The van der Waals surface area contributed by atoms with Crippen LogP contribution in [0.3, 0.4) is 0 Å². The zero-order valence-electron chi connectivity index (χ0n) is 10.6. The maximum Gasteiger partial charge on any atom is 0.404 e. The fraction of sp³-hybridized carbons (Fsp3) is 0.500. The molecule has 0 spiro atoms. The minimum atomic E-state index is -4.32. The van der Waals surface area contributed by atoms with E-state index in [2.05, 4.69) is 0 Å². The van der Waals surface area contributed by atoms with E-state index in [4.69, 9.17) is 4.74 Å². The molecule has 3 atom stereocenters. The van der Waals surface area contributed by atoms with E-state index in [0.29, 0.717) is 0 Å². The first-order chi connectivity index (χ1) is 9.48. The molecule has 20 heavy (non-hydrogen) atoms. The van der Waals surface area contributed by atoms with Gasteiger partial charge in [-0.3, -0.25) is 9.69 Å². The van der Waals surface area contributed by atoms with Crippen molar-refractivity contribution in [2.45, 2.75) is 37.1 Å². The fourth-order valence-corrected chi connectivity index (χ4v) is 3.12. The van der Waals surface area contributed by atoms with Crippen molar-refractivity contribution in [3.63, 3.8) is 0 Å². The molecule has 3 rings (SSSR count). The highest BCUT2D eigenvalue weighted by Gasteiger charge is 2.55. The van der Waals surface area contributed by atoms with Gasteiger partial charge in [0.15, 0.2) is 0 Å². The topological polar surface area (TPSA) is 29.5 Å². The Morgan fingerprint density at radius 3 is 2.45 bits per heavy atom. The van der Waals surface area contributed by atoms with Crippen LogP contribution in [0.4, 0.5) is 13.2 Å². The molecule has 1 aromatic carbocycles. The van der Waals surface area contributed by atoms with Gasteiger partial charge in [0.2, 0.25) is 0 Å². The number of esters is 1. The Bertz CT molecular complexity index is 503. The molecule has 2 heterocycles. The van der Waals surface area contributed by atoms with Gasteiger partial charge in [-0.2, -0.15) is 13.2 Å². The van der Waals surface area contributed by atoms with E-state index >= 15 is 0 Å². The molecule has 0 amide bonds. The molecule has 0 bridgehead atoms. The molecule has 0 unspecified atom stereocenters. The zero-order chi connectivity index (χ0) is 14.3. The predicted octanol–water partition coefficient (Wildman–Crippen LogP) is 2.68. The van der Waals surface area contributed by atoms with E-state index in [1.807, 2.05) is 0 Å². The maximum atomic E-state index is 13.2. The minimum Gasteiger partial charge on any atom is -0.462 e. The van der Waals surface area contributed by atoms with Crippen molar-refractivity contribution in [1.29, 1.82) is 0 Å². The number of morpholine rings is 1. The minimum absolute atomic E-state index is 0.0219. The van der Waals surface area contributed by atoms with E-state index in [0.717, 1.165) is 5.56 Å². The van der Waals surface area contributed by atoms with Crippen molar-refractivity contribution in [3.05, 3.63) is 35.9 Å². The molecule has 108 valence electrons. The molecule has 3 nitrogen and oxygen atoms in total. The normalized spacial score (nSPS) is 30.9. The van der Waals surface area contributed by atoms with Crippen LogP contribution < -0.4 is 0 Å². The highest BCUT2D eigenvalue weighted by Crippen LogP contribution is 2.43. The highest BCUT2D eigenvalue weighted by atomic mass is 19.4. The number of alkyl halides is 3. The smallest absolute Gasteiger partial charge is 0.404 e. The SMILES string of the molecule is O=C1OC[C@@H](c2ccccc2)N2[C@@H]1CC[C@@H]2C(F)(F)F. The van der Waals surface area contributed by atoms with Crippen LogP contribution in [0.5, 0.6) is 0 Å². The Labute approximate surface area is 114 Å². The van der Waals surface area contributed by atoms with Gasteiger partial charge in [-0.25, -0.2) is 0 Å². The number of benzene rings is 1. The Morgan fingerprint density at radius 1 is 1.10 bits per heavy atom. The third kappa shape index (κ3) is 2.18. The van der Waals surface area contributed by atoms with E-state index in [9.17, 15) is 18.0 Å². The number of ether oxygens (including phenoxy) is 1. The zero-order valence-corrected chi connectivity index (χ0v) is 10.6. The van der Waals surface area contributed by atoms with Gasteiger partial charge < -0.3 is 4.74 Å². The standard InChI is InChI=1S/C14H14F3NO2/c15-14(16,17)12-7-6-10-13(19)20-8-11(18(10)12)9-4-2-1-3-5-9/h1-5,10-12H,6-8H2/t10-,11+,12-/m1/s1. The molecule has 1 aromatic rings. The van der Waals surface area contributed by atoms with Crippen molar-refractivity contribution in [2.24, 2.45) is 0 Å². The van der Waals surface area contributed by atoms with E-state index in [1.165, 1.54) is 4.90 Å². The van der Waals surface area contributed by atoms with Gasteiger partial charge in [0.25, 0.3) is 0 Å². The van der Waals surface area contributed by atoms with Gasteiger partial charge in [0.1, 0.15) is 18.7 Å². The van der Waals surface area contributed by atoms with Crippen molar-refractivity contribution < 1.29 is 22.7 Å². The lowest BCUT2D eigenvalue weighted by atomic mass is 10.0. The van der Waals surface area contributed by atoms with Crippen LogP contribution in [0.1, 0.15) is 24.4 Å². The summed E-state index contributed by atoms with van der Waals surface area (Å²) in [7, 11) is 0. The monoisotopic (exact) mass is 285 g/mol. The van der Waals surface area contributed by atoms with Gasteiger partial charge in [-0.15, -0.1) is 0 Å². The number of hydrogen-bond acceptors (Lipinski definition) is 3. The first kappa shape index (κ1) is 13.4. The molecule has 6 heteroatoms. The van der Waals surface area contributed by atoms with Crippen LogP contribution in [0.25, 0.3) is 0 Å². The van der Waals surface area contributed by atoms with E-state index < -0.39 is 30.3 Å². The molecule has 0 saturated carbocycles. The first-order valence-corrected chi connectivity index (χ1v) is 6.54. The molecule has 0 N–H and O–H groups in total. The molecule has 0 aromatic heterocycles. The average Bonchev–Trinajstić information content (AvgIpc) is 2.86. The number of halogens is 3. The van der Waals surface area contributed by atoms with Crippen LogP contribution in [0, 0.1) is 0 Å². The van der Waals surface area contributed by atoms with E-state index in [1.54, 1.807) is 30.3 Å². The predicted molar refractivity (Wildman–Crippen MR) is 64.8 cm³/mol. The van der Waals surface area contributed by atoms with Gasteiger partial charge in [-0.05, 0) is 18.4 Å². The number of carbonyl (C=O) groups is 1. The number of carbonyl (C=O) groups excluding carboxylic acids is 1. The second-order valence-corrected chi connectivity index (χ2v) is 5.15.